The quantitative estimate of drug-likeness (QED) is 0.353. The normalized spacial score (nSPS) is 20.2. The Morgan fingerprint density at radius 1 is 1.33 bits per heavy atom. The minimum absolute atomic E-state index is 0.0111. The van der Waals surface area contributed by atoms with Gasteiger partial charge in [0.1, 0.15) is 17.8 Å². The summed E-state index contributed by atoms with van der Waals surface area (Å²) >= 11 is 0. The van der Waals surface area contributed by atoms with Crippen molar-refractivity contribution in [1.82, 2.24) is 5.32 Å². The van der Waals surface area contributed by atoms with E-state index < -0.39 is 35.9 Å². The van der Waals surface area contributed by atoms with Gasteiger partial charge < -0.3 is 26.4 Å². The number of primary amides is 1. The van der Waals surface area contributed by atoms with Crippen molar-refractivity contribution in [3.05, 3.63) is 23.4 Å². The second-order valence-electron chi connectivity index (χ2n) is 5.00. The summed E-state index contributed by atoms with van der Waals surface area (Å²) in [7, 11) is 0. The van der Waals surface area contributed by atoms with Crippen molar-refractivity contribution in [1.29, 1.82) is 0 Å². The zero-order valence-corrected chi connectivity index (χ0v) is 12.5. The summed E-state index contributed by atoms with van der Waals surface area (Å²) in [5.74, 6) is -4.41. The van der Waals surface area contributed by atoms with E-state index in [4.69, 9.17) is 21.1 Å². The van der Waals surface area contributed by atoms with Gasteiger partial charge in [0.25, 0.3) is 0 Å². The number of allylic oxidation sites excluding steroid dienone is 2. The summed E-state index contributed by atoms with van der Waals surface area (Å²) < 4.78 is 0. The minimum atomic E-state index is -1.31. The van der Waals surface area contributed by atoms with Crippen LogP contribution in [0.15, 0.2) is 28.4 Å². The number of aliphatic imine (C=N–C) groups is 1. The van der Waals surface area contributed by atoms with E-state index in [1.165, 1.54) is 12.2 Å². The summed E-state index contributed by atoms with van der Waals surface area (Å²) in [6, 6.07) is -2.28. The van der Waals surface area contributed by atoms with Crippen molar-refractivity contribution in [3.8, 4) is 0 Å². The highest BCUT2D eigenvalue weighted by molar-refractivity contribution is 5.90. The molecule has 1 heterocycles. The first-order valence-electron chi connectivity index (χ1n) is 6.88. The van der Waals surface area contributed by atoms with Crippen molar-refractivity contribution in [2.75, 3.05) is 0 Å². The fourth-order valence-electron chi connectivity index (χ4n) is 1.93. The molecule has 1 aliphatic rings. The van der Waals surface area contributed by atoms with Crippen LogP contribution in [0.1, 0.15) is 19.3 Å². The highest BCUT2D eigenvalue weighted by Gasteiger charge is 2.26. The summed E-state index contributed by atoms with van der Waals surface area (Å²) in [6.07, 6.45) is 3.53. The number of hydrogen-bond acceptors (Lipinski definition) is 6. The third-order valence-electron chi connectivity index (χ3n) is 3.13. The molecule has 0 spiro atoms. The minimum Gasteiger partial charge on any atom is -0.480 e. The van der Waals surface area contributed by atoms with E-state index in [1.807, 2.05) is 0 Å². The fraction of sp³-hybridized carbons (Fsp3) is 0.357. The van der Waals surface area contributed by atoms with Crippen LogP contribution in [-0.2, 0) is 19.2 Å². The number of carbonyl (C=O) groups excluding carboxylic acids is 1. The molecule has 0 bridgehead atoms. The molecule has 2 atom stereocenters. The standard InChI is InChI=1S/C14H17N3O7/c15-11(18)2-1-8(12(19)20)16-4-3-7-5-9(13(21)22)17-10(6-7)14(23)24/h3-5,8,10,17H,1-2,6H2,(H2,15,18)(H,19,20)(H,21,22)(H,23,24)/t8-,10-/m1/s1. The van der Waals surface area contributed by atoms with Gasteiger partial charge in [-0.2, -0.15) is 0 Å². The van der Waals surface area contributed by atoms with Crippen LogP contribution in [0.4, 0.5) is 0 Å². The van der Waals surface area contributed by atoms with Crippen molar-refractivity contribution < 1.29 is 34.5 Å². The summed E-state index contributed by atoms with van der Waals surface area (Å²) in [6.45, 7) is 0. The average molecular weight is 339 g/mol. The molecule has 0 saturated heterocycles. The molecule has 0 aliphatic carbocycles. The number of nitrogens with zero attached hydrogens (tertiary/aromatic N) is 1. The molecule has 10 nitrogen and oxygen atoms in total. The molecule has 6 N–H and O–H groups in total. The van der Waals surface area contributed by atoms with E-state index in [1.54, 1.807) is 0 Å². The van der Waals surface area contributed by atoms with Crippen LogP contribution >= 0.6 is 0 Å². The average Bonchev–Trinajstić information content (AvgIpc) is 2.49. The zero-order chi connectivity index (χ0) is 18.3. The van der Waals surface area contributed by atoms with Crippen LogP contribution in [0.5, 0.6) is 0 Å². The number of hydrogen-bond donors (Lipinski definition) is 5. The third kappa shape index (κ3) is 5.91. The van der Waals surface area contributed by atoms with Gasteiger partial charge in [0, 0.05) is 19.1 Å². The monoisotopic (exact) mass is 339 g/mol. The first-order valence-corrected chi connectivity index (χ1v) is 6.88. The second-order valence-corrected chi connectivity index (χ2v) is 5.00. The number of amides is 1. The molecule has 0 aromatic heterocycles. The molecule has 1 aliphatic heterocycles. The number of carboxylic acid groups (broad SMARTS) is 3. The van der Waals surface area contributed by atoms with Crippen LogP contribution in [0.25, 0.3) is 0 Å². The largest absolute Gasteiger partial charge is 0.480 e. The number of aliphatic carboxylic acids is 3. The van der Waals surface area contributed by atoms with Crippen LogP contribution in [0.3, 0.4) is 0 Å². The van der Waals surface area contributed by atoms with Crippen LogP contribution in [0, 0.1) is 0 Å². The lowest BCUT2D eigenvalue weighted by Gasteiger charge is -2.21. The molecule has 1 amide bonds. The molecular formula is C14H17N3O7. The van der Waals surface area contributed by atoms with E-state index in [9.17, 15) is 19.2 Å². The molecule has 0 aromatic carbocycles. The Labute approximate surface area is 136 Å². The summed E-state index contributed by atoms with van der Waals surface area (Å²) in [5.41, 5.74) is 5.03. The Morgan fingerprint density at radius 2 is 2.00 bits per heavy atom. The lowest BCUT2D eigenvalue weighted by atomic mass is 10.00. The number of nitrogens with two attached hydrogens (primary N) is 1. The number of carbonyl (C=O) groups is 4. The molecule has 0 aromatic rings. The second kappa shape index (κ2) is 8.46. The lowest BCUT2D eigenvalue weighted by molar-refractivity contribution is -0.140. The highest BCUT2D eigenvalue weighted by Crippen LogP contribution is 2.16. The Balaban J connectivity index is 2.90. The van der Waals surface area contributed by atoms with E-state index in [0.29, 0.717) is 5.57 Å². The Morgan fingerprint density at radius 3 is 2.50 bits per heavy atom. The van der Waals surface area contributed by atoms with E-state index in [-0.39, 0.29) is 25.0 Å². The van der Waals surface area contributed by atoms with E-state index in [0.717, 1.165) is 6.21 Å². The van der Waals surface area contributed by atoms with Gasteiger partial charge in [-0.25, -0.2) is 14.4 Å². The molecule has 0 saturated carbocycles. The molecule has 10 heteroatoms. The highest BCUT2D eigenvalue weighted by atomic mass is 16.4. The first kappa shape index (κ1) is 18.9. The van der Waals surface area contributed by atoms with Gasteiger partial charge in [-0.3, -0.25) is 9.79 Å². The van der Waals surface area contributed by atoms with Gasteiger partial charge in [-0.1, -0.05) is 0 Å². The molecular weight excluding hydrogens is 322 g/mol. The summed E-state index contributed by atoms with van der Waals surface area (Å²) in [4.78, 5) is 47.5. The van der Waals surface area contributed by atoms with E-state index in [2.05, 4.69) is 10.3 Å². The van der Waals surface area contributed by atoms with Gasteiger partial charge in [0.05, 0.1) is 0 Å². The molecule has 0 unspecified atom stereocenters. The Kier molecular flexibility index (Phi) is 6.65. The Bertz CT molecular complexity index is 636. The first-order chi connectivity index (χ1) is 11.2. The van der Waals surface area contributed by atoms with Gasteiger partial charge in [-0.15, -0.1) is 0 Å². The van der Waals surface area contributed by atoms with Crippen molar-refractivity contribution in [2.45, 2.75) is 31.3 Å². The molecule has 130 valence electrons. The van der Waals surface area contributed by atoms with E-state index >= 15 is 0 Å². The van der Waals surface area contributed by atoms with Gasteiger partial charge in [-0.05, 0) is 24.1 Å². The summed E-state index contributed by atoms with van der Waals surface area (Å²) in [5, 5.41) is 29.3. The topological polar surface area (TPSA) is 179 Å². The van der Waals surface area contributed by atoms with Crippen molar-refractivity contribution >= 4 is 30.0 Å². The SMILES string of the molecule is NC(=O)CC[C@@H](N=CC=C1C=C(C(=O)O)N[C@@H](C(=O)O)C1)C(=O)O. The Hall–Kier alpha value is -3.17. The molecule has 0 radical (unpaired) electrons. The maximum atomic E-state index is 11.0. The van der Waals surface area contributed by atoms with Crippen LogP contribution < -0.4 is 11.1 Å². The number of nitrogens with one attached hydrogen (secondary N) is 1. The maximum absolute atomic E-state index is 11.0. The van der Waals surface area contributed by atoms with Crippen molar-refractivity contribution in [2.24, 2.45) is 10.7 Å². The predicted octanol–water partition coefficient (Wildman–Crippen LogP) is -0.883. The lowest BCUT2D eigenvalue weighted by Crippen LogP contribution is -2.41. The van der Waals surface area contributed by atoms with Gasteiger partial charge >= 0.3 is 17.9 Å². The molecule has 0 fully saturated rings. The van der Waals surface area contributed by atoms with Crippen LogP contribution in [-0.4, -0.2) is 57.4 Å². The van der Waals surface area contributed by atoms with Gasteiger partial charge in [0.15, 0.2) is 0 Å². The maximum Gasteiger partial charge on any atom is 0.351 e. The molecule has 1 rings (SSSR count). The predicted molar refractivity (Wildman–Crippen MR) is 81.3 cm³/mol. The molecule has 24 heavy (non-hydrogen) atoms. The smallest absolute Gasteiger partial charge is 0.351 e. The fourth-order valence-corrected chi connectivity index (χ4v) is 1.93. The third-order valence-corrected chi connectivity index (χ3v) is 3.13. The number of rotatable bonds is 8. The zero-order valence-electron chi connectivity index (χ0n) is 12.5. The number of carboxylic acids is 3. The van der Waals surface area contributed by atoms with Crippen LogP contribution in [0.2, 0.25) is 0 Å². The van der Waals surface area contributed by atoms with Gasteiger partial charge in [0.2, 0.25) is 5.91 Å². The van der Waals surface area contributed by atoms with Crippen molar-refractivity contribution in [3.63, 3.8) is 0 Å².